The van der Waals surface area contributed by atoms with Crippen molar-refractivity contribution in [3.8, 4) is 34.5 Å². The third-order valence-corrected chi connectivity index (χ3v) is 28.9. The Kier molecular flexibility index (Phi) is 23.7. The molecule has 1 aliphatic rings. The van der Waals surface area contributed by atoms with E-state index in [0.29, 0.717) is 34.5 Å². The van der Waals surface area contributed by atoms with Crippen LogP contribution >= 0.6 is 23.0 Å². The monoisotopic (exact) mass is 1700 g/mol. The zero-order chi connectivity index (χ0) is 84.6. The van der Waals surface area contributed by atoms with E-state index in [1.54, 1.807) is 0 Å². The Morgan fingerprint density at radius 2 is 0.198 bits per heavy atom. The molecule has 19 rings (SSSR count). The lowest BCUT2D eigenvalue weighted by atomic mass is 10.2. The first-order valence-corrected chi connectivity index (χ1v) is 46.0. The van der Waals surface area contributed by atoms with Crippen molar-refractivity contribution in [2.45, 2.75) is 0 Å². The predicted octanol–water partition coefficient (Wildman–Crippen LogP) is 33.1. The average molecular weight is 1700 g/mol. The maximum absolute atomic E-state index is 7.84. The number of benzene rings is 18. The minimum absolute atomic E-state index is 0.324. The van der Waals surface area contributed by atoms with Crippen molar-refractivity contribution >= 4 is 125 Å². The van der Waals surface area contributed by atoms with Gasteiger partial charge in [0.15, 0.2) is 0 Å². The molecule has 0 saturated heterocycles. The van der Waals surface area contributed by atoms with Crippen LogP contribution in [-0.4, -0.2) is 0 Å². The second kappa shape index (κ2) is 37.3. The fraction of sp³-hybridized carbons (Fsp3) is 0. The van der Waals surface area contributed by atoms with Gasteiger partial charge in [0.1, 0.15) is 34.5 Å². The molecule has 0 atom stereocenters. The molecule has 0 bridgehead atoms. The number of nitrogens with zero attached hydrogens (tertiary/aromatic N) is 9. The van der Waals surface area contributed by atoms with Crippen LogP contribution in [0.15, 0.2) is 523 Å². The molecule has 0 unspecified atom stereocenters. The summed E-state index contributed by atoms with van der Waals surface area (Å²) in [6.45, 7) is 0. The molecule has 1 aliphatic heterocycles. The minimum Gasteiger partial charge on any atom is -0.413 e. The molecule has 1 heterocycles. The van der Waals surface area contributed by atoms with Crippen molar-refractivity contribution in [3.05, 3.63) is 510 Å². The molecule has 0 radical (unpaired) electrons. The van der Waals surface area contributed by atoms with Gasteiger partial charge in [0, 0.05) is 102 Å². The van der Waals surface area contributed by atoms with Crippen molar-refractivity contribution in [3.63, 3.8) is 0 Å². The van der Waals surface area contributed by atoms with Crippen molar-refractivity contribution in [1.82, 2.24) is 0 Å². The highest BCUT2D eigenvalue weighted by molar-refractivity contribution is 7.79. The summed E-state index contributed by atoms with van der Waals surface area (Å²) in [5, 5.41) is 0. The summed E-state index contributed by atoms with van der Waals surface area (Å²) in [6.07, 6.45) is 0. The van der Waals surface area contributed by atoms with Crippen LogP contribution in [0.4, 0.5) is 102 Å². The van der Waals surface area contributed by atoms with E-state index in [1.165, 1.54) is 0 Å². The van der Waals surface area contributed by atoms with E-state index < -0.39 is 23.0 Å². The second-order valence-corrected chi connectivity index (χ2v) is 35.5. The van der Waals surface area contributed by atoms with Gasteiger partial charge in [-0.05, 0) is 291 Å². The zero-order valence-electron chi connectivity index (χ0n) is 68.3. The molecule has 0 aromatic heterocycles. The van der Waals surface area contributed by atoms with Gasteiger partial charge in [-0.25, -0.2) is 0 Å². The number of hydrogen-bond acceptors (Lipinski definition) is 15. The Bertz CT molecular complexity index is 5450. The summed E-state index contributed by atoms with van der Waals surface area (Å²) in [5.41, 5.74) is 16.4. The maximum Gasteiger partial charge on any atom is 0.460 e. The van der Waals surface area contributed by atoms with E-state index in [4.69, 9.17) is 40.7 Å². The summed E-state index contributed by atoms with van der Waals surface area (Å²) in [6, 6.07) is 170. The number of rotatable bonds is 30. The lowest BCUT2D eigenvalue weighted by molar-refractivity contribution is 0.443. The van der Waals surface area contributed by atoms with Gasteiger partial charge in [0.2, 0.25) is 0 Å². The maximum atomic E-state index is 7.84. The summed E-state index contributed by atoms with van der Waals surface area (Å²) in [4.78, 5) is 13.1. The summed E-state index contributed by atoms with van der Waals surface area (Å²) in [5.74, 6) is 1.94. The lowest BCUT2D eigenvalue weighted by Gasteiger charge is -2.33. The van der Waals surface area contributed by atoms with E-state index in [2.05, 4.69) is 175 Å². The number of para-hydroxylation sites is 12. The predicted molar refractivity (Wildman–Crippen MR) is 519 cm³/mol. The number of anilines is 18. The zero-order valence-corrected chi connectivity index (χ0v) is 71.0. The van der Waals surface area contributed by atoms with Crippen molar-refractivity contribution in [2.75, 3.05) is 29.4 Å². The largest absolute Gasteiger partial charge is 0.460 e. The standard InChI is InChI=1S/C108H84N9O6P3/c1-13-37-85(38-14-1)112(86-39-15-2-16-40-86)97-61-73-103(74-62-97)118-124(119-104-75-63-98(64-76-104)113(87-41-17-3-18-42-87)88-43-19-4-20-44-88)109-125(120-105-77-65-99(66-78-105)114(89-45-21-5-22-46-89)90-47-23-6-24-48-90,121-106-79-67-100(68-80-106)115(91-49-25-7-26-50-91)92-51-27-8-28-52-92)111-126(110-124,122-107-81-69-101(70-82-107)116(93-53-29-9-30-54-93)94-55-31-10-32-56-94)123-108-83-71-102(72-84-108)117(95-57-33-11-34-58-95)96-59-35-12-36-60-96/h1-84H. The van der Waals surface area contributed by atoms with Crippen molar-refractivity contribution in [2.24, 2.45) is 13.5 Å². The highest BCUT2D eigenvalue weighted by Crippen LogP contribution is 2.79. The Hall–Kier alpha value is -15.8. The van der Waals surface area contributed by atoms with Crippen molar-refractivity contribution < 1.29 is 27.1 Å². The van der Waals surface area contributed by atoms with Gasteiger partial charge < -0.3 is 56.5 Å². The lowest BCUT2D eigenvalue weighted by Crippen LogP contribution is -2.13. The fourth-order valence-corrected chi connectivity index (χ4v) is 24.2. The second-order valence-electron chi connectivity index (χ2n) is 29.3. The van der Waals surface area contributed by atoms with Gasteiger partial charge >= 0.3 is 23.0 Å². The molecule has 612 valence electrons. The molecule has 126 heavy (non-hydrogen) atoms. The van der Waals surface area contributed by atoms with Crippen LogP contribution in [0, 0.1) is 0 Å². The van der Waals surface area contributed by atoms with Crippen LogP contribution in [0.2, 0.25) is 0 Å². The SMILES string of the molecule is c1ccc(N(c2ccccc2)c2ccc(OP3(Oc4ccc(N(c5ccccc5)c5ccccc5)cc4)=NP(Oc4ccc(N(c5ccccc5)c5ccccc5)cc4)(Oc4ccc(N(c5ccccc5)c5ccccc5)cc4)=NP(Oc4ccc(N(c5ccccc5)c5ccccc5)cc4)(Oc4ccc(N(c5ccccc5)c5ccccc5)cc4)=N3)cc2)cc1. The van der Waals surface area contributed by atoms with Gasteiger partial charge in [-0.15, -0.1) is 0 Å². The van der Waals surface area contributed by atoms with E-state index in [0.717, 1.165) is 102 Å². The van der Waals surface area contributed by atoms with Crippen LogP contribution in [0.1, 0.15) is 0 Å². The molecule has 0 N–H and O–H groups in total. The van der Waals surface area contributed by atoms with E-state index >= 15 is 0 Å². The van der Waals surface area contributed by atoms with Crippen LogP contribution in [0.3, 0.4) is 0 Å². The van der Waals surface area contributed by atoms with Gasteiger partial charge in [0.05, 0.1) is 0 Å². The van der Waals surface area contributed by atoms with Gasteiger partial charge in [-0.2, -0.15) is 0 Å². The molecule has 0 aliphatic carbocycles. The highest BCUT2D eigenvalue weighted by Gasteiger charge is 2.49. The molecular weight excluding hydrogens is 1610 g/mol. The molecule has 15 nitrogen and oxygen atoms in total. The molecule has 18 aromatic carbocycles. The Morgan fingerprint density at radius 1 is 0.111 bits per heavy atom. The molecule has 0 spiro atoms. The molecule has 0 fully saturated rings. The number of hydrogen-bond donors (Lipinski definition) is 0. The van der Waals surface area contributed by atoms with E-state index in [1.807, 2.05) is 364 Å². The summed E-state index contributed by atoms with van der Waals surface area (Å²) >= 11 is 0. The third-order valence-electron chi connectivity index (χ3n) is 20.8. The van der Waals surface area contributed by atoms with Crippen LogP contribution < -0.4 is 56.5 Å². The molecule has 18 aromatic rings. The first-order chi connectivity index (χ1) is 62.3. The van der Waals surface area contributed by atoms with E-state index in [-0.39, 0.29) is 0 Å². The summed E-state index contributed by atoms with van der Waals surface area (Å²) < 4.78 is 64.9. The Morgan fingerprint density at radius 3 is 0.294 bits per heavy atom. The van der Waals surface area contributed by atoms with Gasteiger partial charge in [0.25, 0.3) is 0 Å². The van der Waals surface area contributed by atoms with Crippen molar-refractivity contribution in [1.29, 1.82) is 0 Å². The Labute approximate surface area is 734 Å². The quantitative estimate of drug-likeness (QED) is 0.0400. The molecule has 0 amide bonds. The topological polar surface area (TPSA) is 112 Å². The normalized spacial score (nSPS) is 12.7. The average Bonchev–Trinajstić information content (AvgIpc) is 0.725. The fourth-order valence-electron chi connectivity index (χ4n) is 15.1. The first-order valence-electron chi connectivity index (χ1n) is 41.4. The summed E-state index contributed by atoms with van der Waals surface area (Å²) in [7, 11) is -14.0. The third kappa shape index (κ3) is 18.4. The molecule has 18 heteroatoms. The molecular formula is C108H84N9O6P3. The van der Waals surface area contributed by atoms with Crippen LogP contribution in [-0.2, 0) is 0 Å². The minimum atomic E-state index is -4.66. The van der Waals surface area contributed by atoms with Crippen LogP contribution in [0.5, 0.6) is 34.5 Å². The molecule has 0 saturated carbocycles. The van der Waals surface area contributed by atoms with Crippen LogP contribution in [0.25, 0.3) is 0 Å². The highest BCUT2D eigenvalue weighted by atomic mass is 31.3. The van der Waals surface area contributed by atoms with E-state index in [9.17, 15) is 0 Å². The Balaban J connectivity index is 0.862. The van der Waals surface area contributed by atoms with Gasteiger partial charge in [-0.3, -0.25) is 0 Å². The first kappa shape index (κ1) is 80.0. The smallest absolute Gasteiger partial charge is 0.413 e. The van der Waals surface area contributed by atoms with Gasteiger partial charge in [-0.1, -0.05) is 232 Å².